The van der Waals surface area contributed by atoms with Crippen LogP contribution in [0.2, 0.25) is 0 Å². The van der Waals surface area contributed by atoms with Gasteiger partial charge in [-0.15, -0.1) is 12.4 Å². The summed E-state index contributed by atoms with van der Waals surface area (Å²) in [5, 5.41) is 14.6. The van der Waals surface area contributed by atoms with Crippen LogP contribution in [-0.2, 0) is 30.2 Å². The Morgan fingerprint density at radius 2 is 1.33 bits per heavy atom. The zero-order valence-electron chi connectivity index (χ0n) is 17.5. The number of benzene rings is 2. The van der Waals surface area contributed by atoms with Crippen molar-refractivity contribution in [2.45, 2.75) is 77.8 Å². The van der Waals surface area contributed by atoms with Gasteiger partial charge in [0.15, 0.2) is 0 Å². The second kappa shape index (κ2) is 7.85. The van der Waals surface area contributed by atoms with Gasteiger partial charge in [0.25, 0.3) is 0 Å². The topological polar surface area (TPSA) is 32.3 Å². The summed E-state index contributed by atoms with van der Waals surface area (Å²) < 4.78 is 0. The summed E-state index contributed by atoms with van der Waals surface area (Å²) in [7, 11) is 0. The highest BCUT2D eigenvalue weighted by Gasteiger charge is 2.27. The highest BCUT2D eigenvalue weighted by molar-refractivity contribution is 5.85. The predicted octanol–water partition coefficient (Wildman–Crippen LogP) is 5.67. The van der Waals surface area contributed by atoms with Gasteiger partial charge in [-0.1, -0.05) is 77.9 Å². The smallest absolute Gasteiger partial charge is 0.123 e. The third-order valence-electron chi connectivity index (χ3n) is 5.43. The third kappa shape index (κ3) is 4.86. The SMILES string of the molecule is CC(C)(C)c1cc(CNC2Cc3ccccc3C2)cc(C(C)(C)C)c1O.Cl. The minimum absolute atomic E-state index is 0. The number of aromatic hydroxyl groups is 1. The van der Waals surface area contributed by atoms with E-state index in [0.717, 1.165) is 30.5 Å². The Bertz CT molecular complexity index is 739. The molecule has 0 aromatic heterocycles. The van der Waals surface area contributed by atoms with Gasteiger partial charge in [0.05, 0.1) is 0 Å². The number of phenols is 1. The van der Waals surface area contributed by atoms with Crippen molar-refractivity contribution in [2.24, 2.45) is 0 Å². The maximum atomic E-state index is 10.9. The van der Waals surface area contributed by atoms with Crippen LogP contribution in [0.25, 0.3) is 0 Å². The van der Waals surface area contributed by atoms with E-state index in [0.29, 0.717) is 11.8 Å². The first-order chi connectivity index (χ1) is 12.1. The Kier molecular flexibility index (Phi) is 6.33. The van der Waals surface area contributed by atoms with Crippen molar-refractivity contribution in [3.63, 3.8) is 0 Å². The van der Waals surface area contributed by atoms with Crippen LogP contribution in [0.5, 0.6) is 5.75 Å². The molecule has 0 fully saturated rings. The van der Waals surface area contributed by atoms with Gasteiger partial charge in [0.1, 0.15) is 5.75 Å². The number of phenolic OH excluding ortho intramolecular Hbond substituents is 1. The number of halogens is 1. The summed E-state index contributed by atoms with van der Waals surface area (Å²) in [6, 6.07) is 13.6. The maximum absolute atomic E-state index is 10.9. The quantitative estimate of drug-likeness (QED) is 0.711. The van der Waals surface area contributed by atoms with E-state index < -0.39 is 0 Å². The maximum Gasteiger partial charge on any atom is 0.123 e. The molecule has 148 valence electrons. The van der Waals surface area contributed by atoms with E-state index in [2.05, 4.69) is 83.3 Å². The lowest BCUT2D eigenvalue weighted by molar-refractivity contribution is 0.422. The van der Waals surface area contributed by atoms with Crippen LogP contribution in [0.15, 0.2) is 36.4 Å². The first-order valence-corrected chi connectivity index (χ1v) is 9.73. The second-order valence-corrected chi connectivity index (χ2v) is 9.79. The molecular weight excluding hydrogens is 354 g/mol. The standard InChI is InChI=1S/C24H33NO.ClH/c1-23(2,3)20-11-16(12-21(22(20)26)24(4,5)6)15-25-19-13-17-9-7-8-10-18(17)14-19;/h7-12,19,25-26H,13-15H2,1-6H3;1H. The Balaban J connectivity index is 0.00000261. The molecule has 2 aromatic rings. The Hall–Kier alpha value is -1.51. The molecule has 3 rings (SSSR count). The van der Waals surface area contributed by atoms with E-state index in [1.54, 1.807) is 0 Å². The van der Waals surface area contributed by atoms with E-state index in [1.807, 2.05) is 0 Å². The van der Waals surface area contributed by atoms with Gasteiger partial charge in [-0.2, -0.15) is 0 Å². The zero-order chi connectivity index (χ0) is 19.1. The molecule has 27 heavy (non-hydrogen) atoms. The van der Waals surface area contributed by atoms with E-state index >= 15 is 0 Å². The van der Waals surface area contributed by atoms with Crippen molar-refractivity contribution in [2.75, 3.05) is 0 Å². The fourth-order valence-corrected chi connectivity index (χ4v) is 3.91. The Morgan fingerprint density at radius 1 is 0.889 bits per heavy atom. The van der Waals surface area contributed by atoms with Gasteiger partial charge in [0, 0.05) is 12.6 Å². The van der Waals surface area contributed by atoms with Crippen molar-refractivity contribution in [1.82, 2.24) is 5.32 Å². The highest BCUT2D eigenvalue weighted by atomic mass is 35.5. The molecule has 0 spiro atoms. The van der Waals surface area contributed by atoms with Crippen LogP contribution in [0.3, 0.4) is 0 Å². The molecule has 2 N–H and O–H groups in total. The van der Waals surface area contributed by atoms with Gasteiger partial charge < -0.3 is 10.4 Å². The molecule has 0 heterocycles. The summed E-state index contributed by atoms with van der Waals surface area (Å²) in [4.78, 5) is 0. The van der Waals surface area contributed by atoms with Crippen LogP contribution < -0.4 is 5.32 Å². The molecule has 0 saturated heterocycles. The minimum Gasteiger partial charge on any atom is -0.507 e. The summed E-state index contributed by atoms with van der Waals surface area (Å²) in [5.74, 6) is 0.460. The largest absolute Gasteiger partial charge is 0.507 e. The normalized spacial score (nSPS) is 14.7. The number of fused-ring (bicyclic) bond motifs is 1. The van der Waals surface area contributed by atoms with Crippen LogP contribution >= 0.6 is 12.4 Å². The zero-order valence-corrected chi connectivity index (χ0v) is 18.3. The molecule has 0 radical (unpaired) electrons. The molecule has 2 aromatic carbocycles. The summed E-state index contributed by atoms with van der Waals surface area (Å²) in [6.45, 7) is 13.8. The number of rotatable bonds is 3. The summed E-state index contributed by atoms with van der Waals surface area (Å²) >= 11 is 0. The van der Waals surface area contributed by atoms with Gasteiger partial charge in [-0.05, 0) is 51.5 Å². The van der Waals surface area contributed by atoms with Crippen molar-refractivity contribution in [3.8, 4) is 5.75 Å². The molecule has 3 heteroatoms. The summed E-state index contributed by atoms with van der Waals surface area (Å²) in [6.07, 6.45) is 2.21. The molecular formula is C24H34ClNO. The fourth-order valence-electron chi connectivity index (χ4n) is 3.91. The predicted molar refractivity (Wildman–Crippen MR) is 117 cm³/mol. The van der Waals surface area contributed by atoms with E-state index in [9.17, 15) is 5.11 Å². The Morgan fingerprint density at radius 3 is 1.74 bits per heavy atom. The van der Waals surface area contributed by atoms with E-state index in [4.69, 9.17) is 0 Å². The minimum atomic E-state index is -0.0797. The molecule has 1 aliphatic rings. The molecule has 2 nitrogen and oxygen atoms in total. The molecule has 1 aliphatic carbocycles. The van der Waals surface area contributed by atoms with Crippen molar-refractivity contribution >= 4 is 12.4 Å². The van der Waals surface area contributed by atoms with Crippen LogP contribution in [0.4, 0.5) is 0 Å². The second-order valence-electron chi connectivity index (χ2n) is 9.79. The van der Waals surface area contributed by atoms with Crippen molar-refractivity contribution in [1.29, 1.82) is 0 Å². The van der Waals surface area contributed by atoms with Crippen LogP contribution in [0.1, 0.15) is 69.4 Å². The Labute approximate surface area is 170 Å². The molecule has 0 aliphatic heterocycles. The molecule has 0 saturated carbocycles. The average molecular weight is 388 g/mol. The van der Waals surface area contributed by atoms with Gasteiger partial charge in [-0.25, -0.2) is 0 Å². The van der Waals surface area contributed by atoms with E-state index in [-0.39, 0.29) is 23.2 Å². The van der Waals surface area contributed by atoms with Gasteiger partial charge >= 0.3 is 0 Å². The van der Waals surface area contributed by atoms with Crippen molar-refractivity contribution < 1.29 is 5.11 Å². The first-order valence-electron chi connectivity index (χ1n) is 9.73. The lowest BCUT2D eigenvalue weighted by Crippen LogP contribution is -2.29. The van der Waals surface area contributed by atoms with Crippen molar-refractivity contribution in [3.05, 3.63) is 64.2 Å². The monoisotopic (exact) mass is 387 g/mol. The molecule has 0 atom stereocenters. The molecule has 0 amide bonds. The average Bonchev–Trinajstić information content (AvgIpc) is 2.94. The fraction of sp³-hybridized carbons (Fsp3) is 0.500. The van der Waals surface area contributed by atoms with Gasteiger partial charge in [-0.3, -0.25) is 0 Å². The third-order valence-corrected chi connectivity index (χ3v) is 5.43. The summed E-state index contributed by atoms with van der Waals surface area (Å²) in [5.41, 5.74) is 6.12. The molecule has 0 bridgehead atoms. The van der Waals surface area contributed by atoms with Gasteiger partial charge in [0.2, 0.25) is 0 Å². The molecule has 0 unspecified atom stereocenters. The number of nitrogens with one attached hydrogen (secondary N) is 1. The number of hydrogen-bond acceptors (Lipinski definition) is 2. The first kappa shape index (κ1) is 21.8. The highest BCUT2D eigenvalue weighted by Crippen LogP contribution is 2.39. The number of hydrogen-bond donors (Lipinski definition) is 2. The van der Waals surface area contributed by atoms with Crippen LogP contribution in [0, 0.1) is 0 Å². The lowest BCUT2D eigenvalue weighted by Gasteiger charge is -2.28. The van der Waals surface area contributed by atoms with Crippen LogP contribution in [-0.4, -0.2) is 11.1 Å². The van der Waals surface area contributed by atoms with E-state index in [1.165, 1.54) is 16.7 Å². The lowest BCUT2D eigenvalue weighted by atomic mass is 9.78.